The Morgan fingerprint density at radius 3 is 2.41 bits per heavy atom. The molecule has 2 rings (SSSR count). The fourth-order valence-electron chi connectivity index (χ4n) is 2.65. The first-order chi connectivity index (χ1) is 8.03. The predicted molar refractivity (Wildman–Crippen MR) is 67.1 cm³/mol. The second-order valence-corrected chi connectivity index (χ2v) is 4.99. The molecule has 1 fully saturated rings. The SMILES string of the molecule is COc1cccc(C(C)F)c1C1(C(C)N)CC1. The van der Waals surface area contributed by atoms with Crippen molar-refractivity contribution in [2.24, 2.45) is 5.73 Å². The van der Waals surface area contributed by atoms with Crippen LogP contribution in [0.1, 0.15) is 44.0 Å². The van der Waals surface area contributed by atoms with E-state index in [1.165, 1.54) is 0 Å². The second-order valence-electron chi connectivity index (χ2n) is 4.99. The predicted octanol–water partition coefficient (Wildman–Crippen LogP) is 3.10. The number of halogens is 1. The summed E-state index contributed by atoms with van der Waals surface area (Å²) in [6.07, 6.45) is 1.05. The van der Waals surface area contributed by atoms with Crippen LogP contribution in [0.2, 0.25) is 0 Å². The van der Waals surface area contributed by atoms with Gasteiger partial charge in [-0.15, -0.1) is 0 Å². The molecule has 1 aromatic carbocycles. The molecule has 0 aliphatic heterocycles. The number of methoxy groups -OCH3 is 1. The Morgan fingerprint density at radius 1 is 1.35 bits per heavy atom. The second kappa shape index (κ2) is 4.30. The molecule has 0 spiro atoms. The fourth-order valence-corrected chi connectivity index (χ4v) is 2.65. The molecule has 1 aliphatic carbocycles. The molecule has 0 aromatic heterocycles. The lowest BCUT2D eigenvalue weighted by Crippen LogP contribution is -2.33. The van der Waals surface area contributed by atoms with Crippen molar-refractivity contribution in [3.63, 3.8) is 0 Å². The molecule has 17 heavy (non-hydrogen) atoms. The Hall–Kier alpha value is -1.09. The van der Waals surface area contributed by atoms with Crippen molar-refractivity contribution in [1.29, 1.82) is 0 Å². The maximum absolute atomic E-state index is 13.7. The standard InChI is InChI=1S/C14H20FNO/c1-9(15)11-5-4-6-12(17-3)13(11)14(7-8-14)10(2)16/h4-6,9-10H,7-8,16H2,1-3H3. The molecule has 1 saturated carbocycles. The van der Waals surface area contributed by atoms with E-state index in [4.69, 9.17) is 10.5 Å². The Bertz CT molecular complexity index is 411. The van der Waals surface area contributed by atoms with Gasteiger partial charge in [0.1, 0.15) is 11.9 Å². The van der Waals surface area contributed by atoms with Crippen LogP contribution in [0.25, 0.3) is 0 Å². The van der Waals surface area contributed by atoms with Gasteiger partial charge in [0.05, 0.1) is 7.11 Å². The molecule has 0 saturated heterocycles. The molecule has 0 heterocycles. The summed E-state index contributed by atoms with van der Waals surface area (Å²) in [5.74, 6) is 0.766. The summed E-state index contributed by atoms with van der Waals surface area (Å²) in [6.45, 7) is 3.56. The molecule has 0 radical (unpaired) electrons. The molecule has 2 atom stereocenters. The molecular weight excluding hydrogens is 217 g/mol. The fraction of sp³-hybridized carbons (Fsp3) is 0.571. The first-order valence-corrected chi connectivity index (χ1v) is 6.10. The number of hydrogen-bond donors (Lipinski definition) is 1. The molecule has 94 valence electrons. The smallest absolute Gasteiger partial charge is 0.123 e. The van der Waals surface area contributed by atoms with Gasteiger partial charge in [-0.1, -0.05) is 12.1 Å². The van der Waals surface area contributed by atoms with E-state index in [9.17, 15) is 4.39 Å². The molecular formula is C14H20FNO. The lowest BCUT2D eigenvalue weighted by atomic mass is 9.84. The van der Waals surface area contributed by atoms with E-state index in [0.29, 0.717) is 0 Å². The van der Waals surface area contributed by atoms with Crippen LogP contribution in [0.5, 0.6) is 5.75 Å². The molecule has 2 N–H and O–H groups in total. The summed E-state index contributed by atoms with van der Waals surface area (Å²) < 4.78 is 19.1. The highest BCUT2D eigenvalue weighted by Crippen LogP contribution is 2.55. The van der Waals surface area contributed by atoms with Crippen LogP contribution in [-0.4, -0.2) is 13.2 Å². The largest absolute Gasteiger partial charge is 0.496 e. The van der Waals surface area contributed by atoms with Crippen LogP contribution in [0.15, 0.2) is 18.2 Å². The molecule has 1 aromatic rings. The van der Waals surface area contributed by atoms with E-state index in [-0.39, 0.29) is 11.5 Å². The van der Waals surface area contributed by atoms with Gasteiger partial charge in [0.15, 0.2) is 0 Å². The summed E-state index contributed by atoms with van der Waals surface area (Å²) >= 11 is 0. The molecule has 2 unspecified atom stereocenters. The highest BCUT2D eigenvalue weighted by atomic mass is 19.1. The number of hydrogen-bond acceptors (Lipinski definition) is 2. The average Bonchev–Trinajstić information content (AvgIpc) is 3.08. The maximum Gasteiger partial charge on any atom is 0.123 e. The number of ether oxygens (including phenoxy) is 1. The van der Waals surface area contributed by atoms with E-state index in [0.717, 1.165) is 29.7 Å². The molecule has 2 nitrogen and oxygen atoms in total. The Kier molecular flexibility index (Phi) is 3.13. The van der Waals surface area contributed by atoms with Crippen molar-refractivity contribution >= 4 is 0 Å². The van der Waals surface area contributed by atoms with Gasteiger partial charge in [-0.2, -0.15) is 0 Å². The van der Waals surface area contributed by atoms with Gasteiger partial charge in [0.25, 0.3) is 0 Å². The van der Waals surface area contributed by atoms with Crippen LogP contribution in [-0.2, 0) is 5.41 Å². The third-order valence-electron chi connectivity index (χ3n) is 3.87. The lowest BCUT2D eigenvalue weighted by Gasteiger charge is -2.26. The third-order valence-corrected chi connectivity index (χ3v) is 3.87. The summed E-state index contributed by atoms with van der Waals surface area (Å²) in [5, 5.41) is 0. The molecule has 1 aliphatic rings. The summed E-state index contributed by atoms with van der Waals surface area (Å²) in [5.41, 5.74) is 7.70. The summed E-state index contributed by atoms with van der Waals surface area (Å²) in [4.78, 5) is 0. The number of benzene rings is 1. The zero-order valence-corrected chi connectivity index (χ0v) is 10.7. The average molecular weight is 237 g/mol. The number of rotatable bonds is 4. The highest BCUT2D eigenvalue weighted by molar-refractivity contribution is 5.50. The Balaban J connectivity index is 2.57. The van der Waals surface area contributed by atoms with E-state index in [1.54, 1.807) is 14.0 Å². The minimum Gasteiger partial charge on any atom is -0.496 e. The van der Waals surface area contributed by atoms with Crippen LogP contribution >= 0.6 is 0 Å². The third kappa shape index (κ3) is 1.93. The molecule has 0 bridgehead atoms. The first-order valence-electron chi connectivity index (χ1n) is 6.10. The van der Waals surface area contributed by atoms with Crippen molar-refractivity contribution in [1.82, 2.24) is 0 Å². The van der Waals surface area contributed by atoms with Crippen LogP contribution in [0, 0.1) is 0 Å². The highest BCUT2D eigenvalue weighted by Gasteiger charge is 2.50. The minimum absolute atomic E-state index is 0.0244. The van der Waals surface area contributed by atoms with Gasteiger partial charge in [0.2, 0.25) is 0 Å². The molecule has 0 amide bonds. The Morgan fingerprint density at radius 2 is 2.00 bits per heavy atom. The zero-order valence-electron chi connectivity index (χ0n) is 10.7. The van der Waals surface area contributed by atoms with E-state index in [1.807, 2.05) is 25.1 Å². The molecule has 3 heteroatoms. The van der Waals surface area contributed by atoms with Crippen molar-refractivity contribution < 1.29 is 9.13 Å². The normalized spacial score (nSPS) is 20.8. The topological polar surface area (TPSA) is 35.2 Å². The van der Waals surface area contributed by atoms with Gasteiger partial charge in [0, 0.05) is 17.0 Å². The van der Waals surface area contributed by atoms with Crippen molar-refractivity contribution in [3.05, 3.63) is 29.3 Å². The number of alkyl halides is 1. The van der Waals surface area contributed by atoms with Crippen LogP contribution < -0.4 is 10.5 Å². The van der Waals surface area contributed by atoms with Gasteiger partial charge in [-0.05, 0) is 38.3 Å². The van der Waals surface area contributed by atoms with Crippen molar-refractivity contribution in [3.8, 4) is 5.75 Å². The maximum atomic E-state index is 13.7. The monoisotopic (exact) mass is 237 g/mol. The van der Waals surface area contributed by atoms with Gasteiger partial charge in [-0.25, -0.2) is 4.39 Å². The van der Waals surface area contributed by atoms with E-state index in [2.05, 4.69) is 0 Å². The van der Waals surface area contributed by atoms with Gasteiger partial charge < -0.3 is 10.5 Å². The zero-order chi connectivity index (χ0) is 12.6. The van der Waals surface area contributed by atoms with Gasteiger partial charge >= 0.3 is 0 Å². The quantitative estimate of drug-likeness (QED) is 0.873. The van der Waals surface area contributed by atoms with Gasteiger partial charge in [-0.3, -0.25) is 0 Å². The summed E-state index contributed by atoms with van der Waals surface area (Å²) in [6, 6.07) is 5.59. The number of nitrogens with two attached hydrogens (primary N) is 1. The van der Waals surface area contributed by atoms with Crippen LogP contribution in [0.4, 0.5) is 4.39 Å². The van der Waals surface area contributed by atoms with Crippen molar-refractivity contribution in [2.45, 2.75) is 44.3 Å². The Labute approximate surface area is 102 Å². The van der Waals surface area contributed by atoms with Crippen LogP contribution in [0.3, 0.4) is 0 Å². The van der Waals surface area contributed by atoms with Crippen molar-refractivity contribution in [2.75, 3.05) is 7.11 Å². The lowest BCUT2D eigenvalue weighted by molar-refractivity contribution is 0.356. The minimum atomic E-state index is -0.990. The first kappa shape index (κ1) is 12.4. The summed E-state index contributed by atoms with van der Waals surface area (Å²) in [7, 11) is 1.63. The van der Waals surface area contributed by atoms with E-state index >= 15 is 0 Å². The van der Waals surface area contributed by atoms with E-state index < -0.39 is 6.17 Å².